The van der Waals surface area contributed by atoms with Crippen LogP contribution in [0.4, 0.5) is 0 Å². The zero-order chi connectivity index (χ0) is 15.4. The average Bonchev–Trinajstić information content (AvgIpc) is 3.04. The van der Waals surface area contributed by atoms with Crippen LogP contribution < -0.4 is 5.32 Å². The Morgan fingerprint density at radius 1 is 1.29 bits per heavy atom. The summed E-state index contributed by atoms with van der Waals surface area (Å²) < 4.78 is 3.96. The maximum absolute atomic E-state index is 4.55. The summed E-state index contributed by atoms with van der Waals surface area (Å²) in [6.07, 6.45) is 3.41. The summed E-state index contributed by atoms with van der Waals surface area (Å²) in [5.41, 5.74) is 2.33. The van der Waals surface area contributed by atoms with E-state index < -0.39 is 0 Å². The highest BCUT2D eigenvalue weighted by Gasteiger charge is 2.19. The van der Waals surface area contributed by atoms with Crippen LogP contribution in [0.5, 0.6) is 0 Å². The molecule has 0 bridgehead atoms. The van der Waals surface area contributed by atoms with Crippen molar-refractivity contribution < 1.29 is 0 Å². The molecule has 0 aliphatic rings. The molecule has 21 heavy (non-hydrogen) atoms. The van der Waals surface area contributed by atoms with Crippen LogP contribution in [0.25, 0.3) is 0 Å². The molecule has 2 rings (SSSR count). The van der Waals surface area contributed by atoms with Crippen molar-refractivity contribution in [2.24, 2.45) is 7.05 Å². The lowest BCUT2D eigenvalue weighted by Crippen LogP contribution is -2.26. The van der Waals surface area contributed by atoms with E-state index in [4.69, 9.17) is 0 Å². The predicted octanol–water partition coefficient (Wildman–Crippen LogP) is 2.05. The van der Waals surface area contributed by atoms with Crippen LogP contribution in [0.15, 0.2) is 12.4 Å². The normalized spacial score (nSPS) is 13.0. The van der Waals surface area contributed by atoms with Crippen molar-refractivity contribution in [3.8, 4) is 0 Å². The first-order valence-electron chi connectivity index (χ1n) is 7.71. The Balaban J connectivity index is 2.26. The first-order valence-corrected chi connectivity index (χ1v) is 7.71. The minimum Gasteiger partial charge on any atom is -0.309 e. The summed E-state index contributed by atoms with van der Waals surface area (Å²) in [6.45, 7) is 9.41. The minimum atomic E-state index is 0.203. The second-order valence-electron chi connectivity index (χ2n) is 5.57. The van der Waals surface area contributed by atoms with Crippen molar-refractivity contribution in [3.63, 3.8) is 0 Å². The standard InChI is InChI=1S/C15H26N6/c1-6-12-8-14(20(5)19-12)13(16-7-2)9-15-17-10-18-21(15)11(3)4/h8,10-11,13,16H,6-7,9H2,1-5H3. The molecule has 0 fully saturated rings. The molecule has 6 nitrogen and oxygen atoms in total. The van der Waals surface area contributed by atoms with E-state index in [1.54, 1.807) is 6.33 Å². The molecule has 2 aromatic rings. The van der Waals surface area contributed by atoms with Gasteiger partial charge < -0.3 is 5.32 Å². The number of hydrogen-bond acceptors (Lipinski definition) is 4. The molecule has 0 amide bonds. The molecule has 1 atom stereocenters. The lowest BCUT2D eigenvalue weighted by atomic mass is 10.1. The number of aryl methyl sites for hydroxylation is 2. The zero-order valence-electron chi connectivity index (χ0n) is 13.7. The molecule has 0 aromatic carbocycles. The van der Waals surface area contributed by atoms with E-state index in [0.717, 1.165) is 30.9 Å². The van der Waals surface area contributed by atoms with Crippen LogP contribution in [-0.2, 0) is 19.9 Å². The van der Waals surface area contributed by atoms with Gasteiger partial charge in [0.05, 0.1) is 17.4 Å². The minimum absolute atomic E-state index is 0.203. The van der Waals surface area contributed by atoms with E-state index in [9.17, 15) is 0 Å². The third kappa shape index (κ3) is 3.50. The van der Waals surface area contributed by atoms with Crippen molar-refractivity contribution in [2.75, 3.05) is 6.54 Å². The Bertz CT molecular complexity index is 568. The van der Waals surface area contributed by atoms with Crippen molar-refractivity contribution in [1.82, 2.24) is 29.9 Å². The molecule has 2 heterocycles. The van der Waals surface area contributed by atoms with Crippen LogP contribution in [0, 0.1) is 0 Å². The maximum atomic E-state index is 4.55. The van der Waals surface area contributed by atoms with Gasteiger partial charge in [-0.2, -0.15) is 10.2 Å². The van der Waals surface area contributed by atoms with E-state index >= 15 is 0 Å². The number of aromatic nitrogens is 5. The first kappa shape index (κ1) is 15.7. The van der Waals surface area contributed by atoms with Gasteiger partial charge in [-0.3, -0.25) is 4.68 Å². The van der Waals surface area contributed by atoms with Gasteiger partial charge in [0.15, 0.2) is 0 Å². The highest BCUT2D eigenvalue weighted by molar-refractivity contribution is 5.16. The molecule has 0 spiro atoms. The fraction of sp³-hybridized carbons (Fsp3) is 0.667. The summed E-state index contributed by atoms with van der Waals surface area (Å²) in [4.78, 5) is 4.42. The summed E-state index contributed by atoms with van der Waals surface area (Å²) in [5, 5.41) is 12.4. The van der Waals surface area contributed by atoms with E-state index in [2.05, 4.69) is 54.3 Å². The molecular formula is C15H26N6. The van der Waals surface area contributed by atoms with E-state index in [1.165, 1.54) is 5.69 Å². The molecule has 1 N–H and O–H groups in total. The van der Waals surface area contributed by atoms with Gasteiger partial charge in [0.2, 0.25) is 0 Å². The molecular weight excluding hydrogens is 264 g/mol. The van der Waals surface area contributed by atoms with Crippen molar-refractivity contribution >= 4 is 0 Å². The third-order valence-corrected chi connectivity index (χ3v) is 3.66. The zero-order valence-corrected chi connectivity index (χ0v) is 13.7. The second kappa shape index (κ2) is 6.85. The number of nitrogens with zero attached hydrogens (tertiary/aromatic N) is 5. The van der Waals surface area contributed by atoms with Crippen molar-refractivity contribution in [1.29, 1.82) is 0 Å². The van der Waals surface area contributed by atoms with E-state index in [0.29, 0.717) is 6.04 Å². The van der Waals surface area contributed by atoms with Gasteiger partial charge in [0.25, 0.3) is 0 Å². The Morgan fingerprint density at radius 2 is 2.05 bits per heavy atom. The Labute approximate surface area is 126 Å². The van der Waals surface area contributed by atoms with Gasteiger partial charge in [-0.1, -0.05) is 13.8 Å². The number of hydrogen-bond donors (Lipinski definition) is 1. The third-order valence-electron chi connectivity index (χ3n) is 3.66. The molecule has 0 aliphatic heterocycles. The van der Waals surface area contributed by atoms with Crippen LogP contribution in [0.1, 0.15) is 57.0 Å². The lowest BCUT2D eigenvalue weighted by Gasteiger charge is -2.19. The smallest absolute Gasteiger partial charge is 0.138 e. The number of nitrogens with one attached hydrogen (secondary N) is 1. The second-order valence-corrected chi connectivity index (χ2v) is 5.57. The van der Waals surface area contributed by atoms with E-state index in [-0.39, 0.29) is 6.04 Å². The molecule has 6 heteroatoms. The molecule has 1 unspecified atom stereocenters. The van der Waals surface area contributed by atoms with Crippen molar-refractivity contribution in [2.45, 2.75) is 52.6 Å². The number of likely N-dealkylation sites (N-methyl/N-ethyl adjacent to an activating group) is 1. The summed E-state index contributed by atoms with van der Waals surface area (Å²) in [5.74, 6) is 1.01. The Kier molecular flexibility index (Phi) is 5.12. The first-order chi connectivity index (χ1) is 10.1. The van der Waals surface area contributed by atoms with Crippen LogP contribution in [0.2, 0.25) is 0 Å². The van der Waals surface area contributed by atoms with E-state index in [1.807, 2.05) is 16.4 Å². The van der Waals surface area contributed by atoms with Gasteiger partial charge in [0.1, 0.15) is 12.2 Å². The van der Waals surface area contributed by atoms with Crippen LogP contribution in [-0.4, -0.2) is 31.1 Å². The largest absolute Gasteiger partial charge is 0.309 e. The molecule has 2 aromatic heterocycles. The average molecular weight is 290 g/mol. The van der Waals surface area contributed by atoms with Gasteiger partial charge in [-0.15, -0.1) is 0 Å². The molecule has 0 aliphatic carbocycles. The Morgan fingerprint density at radius 3 is 2.62 bits per heavy atom. The Hall–Kier alpha value is -1.69. The summed E-state index contributed by atoms with van der Waals surface area (Å²) in [7, 11) is 2.01. The molecule has 0 radical (unpaired) electrons. The fourth-order valence-corrected chi connectivity index (χ4v) is 2.60. The fourth-order valence-electron chi connectivity index (χ4n) is 2.60. The highest BCUT2D eigenvalue weighted by Crippen LogP contribution is 2.19. The lowest BCUT2D eigenvalue weighted by molar-refractivity contribution is 0.454. The van der Waals surface area contributed by atoms with Crippen LogP contribution in [0.3, 0.4) is 0 Å². The van der Waals surface area contributed by atoms with Gasteiger partial charge in [0, 0.05) is 19.5 Å². The molecule has 116 valence electrons. The molecule has 0 saturated heterocycles. The predicted molar refractivity (Wildman–Crippen MR) is 83.1 cm³/mol. The quantitative estimate of drug-likeness (QED) is 0.848. The van der Waals surface area contributed by atoms with Gasteiger partial charge in [-0.25, -0.2) is 9.67 Å². The monoisotopic (exact) mass is 290 g/mol. The maximum Gasteiger partial charge on any atom is 0.138 e. The SMILES string of the molecule is CCNC(Cc1ncnn1C(C)C)c1cc(CC)nn1C. The van der Waals surface area contributed by atoms with Crippen LogP contribution >= 0.6 is 0 Å². The van der Waals surface area contributed by atoms with Gasteiger partial charge >= 0.3 is 0 Å². The van der Waals surface area contributed by atoms with Crippen molar-refractivity contribution in [3.05, 3.63) is 29.6 Å². The summed E-state index contributed by atoms with van der Waals surface area (Å²) >= 11 is 0. The highest BCUT2D eigenvalue weighted by atomic mass is 15.3. The van der Waals surface area contributed by atoms with Gasteiger partial charge in [-0.05, 0) is 32.9 Å². The summed E-state index contributed by atoms with van der Waals surface area (Å²) in [6, 6.07) is 2.71. The topological polar surface area (TPSA) is 60.6 Å². The number of rotatable bonds is 7. The molecule has 0 saturated carbocycles.